The van der Waals surface area contributed by atoms with Crippen molar-refractivity contribution in [1.29, 1.82) is 0 Å². The Kier molecular flexibility index (Phi) is 6.27. The number of furan rings is 1. The highest BCUT2D eigenvalue weighted by atomic mass is 16.3. The van der Waals surface area contributed by atoms with Crippen molar-refractivity contribution in [2.45, 2.75) is 0 Å². The lowest BCUT2D eigenvalue weighted by atomic mass is 9.98. The van der Waals surface area contributed by atoms with Gasteiger partial charge in [0, 0.05) is 55.1 Å². The molecule has 0 bridgehead atoms. The van der Waals surface area contributed by atoms with E-state index in [4.69, 9.17) is 4.42 Å². The van der Waals surface area contributed by atoms with E-state index >= 15 is 0 Å². The first kappa shape index (κ1) is 27.3. The van der Waals surface area contributed by atoms with E-state index in [0.717, 1.165) is 76.8 Å². The van der Waals surface area contributed by atoms with Gasteiger partial charge in [0.1, 0.15) is 11.2 Å². The van der Waals surface area contributed by atoms with Gasteiger partial charge in [0.2, 0.25) is 0 Å². The lowest BCUT2D eigenvalue weighted by Crippen LogP contribution is -2.11. The Balaban J connectivity index is 1.17. The van der Waals surface area contributed by atoms with Gasteiger partial charge in [-0.15, -0.1) is 0 Å². The smallest absolute Gasteiger partial charge is 0.143 e. The topological polar surface area (TPSA) is 21.3 Å². The van der Waals surface area contributed by atoms with Crippen LogP contribution in [0.3, 0.4) is 0 Å². The van der Waals surface area contributed by atoms with Crippen LogP contribution in [0.15, 0.2) is 211 Å². The molecule has 55 heavy (non-hydrogen) atoms. The normalized spacial score (nSPS) is 12.7. The van der Waals surface area contributed by atoms with Crippen molar-refractivity contribution in [3.8, 4) is 27.9 Å². The van der Waals surface area contributed by atoms with Crippen molar-refractivity contribution in [3.05, 3.63) is 206 Å². The molecule has 0 spiro atoms. The minimum atomic E-state index is -0.154. The van der Waals surface area contributed by atoms with Crippen molar-refractivity contribution < 1.29 is 9.90 Å². The summed E-state index contributed by atoms with van der Waals surface area (Å²) < 4.78 is 47.6. The van der Waals surface area contributed by atoms with Crippen LogP contribution in [0, 0.1) is 0 Å². The molecule has 0 fully saturated rings. The molecular weight excluding hydrogens is 669 g/mol. The van der Waals surface area contributed by atoms with Crippen LogP contribution in [0.5, 0.6) is 0 Å². The van der Waals surface area contributed by atoms with Crippen molar-refractivity contribution in [1.82, 2.24) is 4.57 Å². The minimum Gasteiger partial charge on any atom is -0.455 e. The number of hydrogen-bond acceptors (Lipinski definition) is 2. The van der Waals surface area contributed by atoms with Gasteiger partial charge in [-0.1, -0.05) is 146 Å². The summed E-state index contributed by atoms with van der Waals surface area (Å²) in [7, 11) is 0. The van der Waals surface area contributed by atoms with Crippen LogP contribution in [0.25, 0.3) is 82.5 Å². The monoisotopic (exact) mass is 706 g/mol. The molecule has 11 aromatic rings. The summed E-state index contributed by atoms with van der Waals surface area (Å²) in [5, 5.41) is 6.09. The number of benzene rings is 9. The number of nitrogens with zero attached hydrogens (tertiary/aromatic N) is 2. The zero-order valence-corrected chi connectivity index (χ0v) is 29.6. The van der Waals surface area contributed by atoms with Gasteiger partial charge in [-0.25, -0.2) is 0 Å². The molecule has 0 aliphatic carbocycles. The standard InChI is InChI=1S/C52H34N2O/c1-2-13-35(14-3-1)36-25-28-38(29-26-36)53(39-30-32-40(33-31-39)54-49-23-10-6-17-42(49)43-18-7-11-24-50(43)54)48-22-9-8-19-44(48)45-20-12-21-46-47-34-27-37-15-4-5-16-41(37)51(47)55-52(45)46/h1-34H/i30D,31D,32D,33D. The molecule has 2 aromatic heterocycles. The summed E-state index contributed by atoms with van der Waals surface area (Å²) in [4.78, 5) is 1.87. The first-order valence-corrected chi connectivity index (χ1v) is 18.4. The lowest BCUT2D eigenvalue weighted by Gasteiger charge is -2.28. The van der Waals surface area contributed by atoms with E-state index in [9.17, 15) is 5.48 Å². The van der Waals surface area contributed by atoms with Gasteiger partial charge in [0.05, 0.1) is 22.2 Å². The molecule has 0 aliphatic heterocycles. The Morgan fingerprint density at radius 3 is 1.75 bits per heavy atom. The van der Waals surface area contributed by atoms with Crippen LogP contribution in [-0.2, 0) is 0 Å². The van der Waals surface area contributed by atoms with Crippen molar-refractivity contribution >= 4 is 71.6 Å². The average Bonchev–Trinajstić information content (AvgIpc) is 3.84. The third kappa shape index (κ3) is 5.05. The van der Waals surface area contributed by atoms with E-state index in [2.05, 4.69) is 42.5 Å². The highest BCUT2D eigenvalue weighted by Crippen LogP contribution is 2.45. The second kappa shape index (κ2) is 12.6. The SMILES string of the molecule is [2H]c1c([2H])c(-n2c3ccccc3c3ccccc32)c([2H])c([2H])c1N(c1ccc(-c2ccccc2)cc1)c1ccccc1-c1cccc2c1oc1c3ccccc3ccc21. The first-order valence-electron chi connectivity index (χ1n) is 20.4. The van der Waals surface area contributed by atoms with E-state index in [1.807, 2.05) is 149 Å². The molecule has 0 saturated heterocycles. The third-order valence-corrected chi connectivity index (χ3v) is 10.7. The molecule has 0 saturated carbocycles. The first-order chi connectivity index (χ1) is 29.0. The summed E-state index contributed by atoms with van der Waals surface area (Å²) in [5.74, 6) is 0. The highest BCUT2D eigenvalue weighted by molar-refractivity contribution is 6.17. The molecular formula is C52H34N2O. The van der Waals surface area contributed by atoms with Crippen LogP contribution in [0.2, 0.25) is 0 Å². The van der Waals surface area contributed by atoms with E-state index in [1.54, 1.807) is 0 Å². The zero-order chi connectivity index (χ0) is 39.8. The Hall–Kier alpha value is -7.36. The van der Waals surface area contributed by atoms with Crippen LogP contribution in [0.1, 0.15) is 5.48 Å². The number of anilines is 3. The zero-order valence-electron chi connectivity index (χ0n) is 33.6. The largest absolute Gasteiger partial charge is 0.455 e. The van der Waals surface area contributed by atoms with Gasteiger partial charge in [0.25, 0.3) is 0 Å². The van der Waals surface area contributed by atoms with Gasteiger partial charge in [-0.3, -0.25) is 0 Å². The van der Waals surface area contributed by atoms with E-state index in [1.165, 1.54) is 0 Å². The quantitative estimate of drug-likeness (QED) is 0.172. The van der Waals surface area contributed by atoms with Crippen molar-refractivity contribution in [2.75, 3.05) is 4.90 Å². The Labute approximate surface area is 324 Å². The predicted octanol–water partition coefficient (Wildman–Crippen LogP) is 14.6. The predicted molar refractivity (Wildman–Crippen MR) is 231 cm³/mol. The van der Waals surface area contributed by atoms with E-state index < -0.39 is 0 Å². The molecule has 0 amide bonds. The number of hydrogen-bond donors (Lipinski definition) is 0. The van der Waals surface area contributed by atoms with Crippen LogP contribution >= 0.6 is 0 Å². The minimum absolute atomic E-state index is 0.137. The number of aromatic nitrogens is 1. The van der Waals surface area contributed by atoms with Crippen LogP contribution < -0.4 is 4.90 Å². The summed E-state index contributed by atoms with van der Waals surface area (Å²) in [6, 6.07) is 60.0. The number of fused-ring (bicyclic) bond motifs is 8. The lowest BCUT2D eigenvalue weighted by molar-refractivity contribution is 0.674. The van der Waals surface area contributed by atoms with Gasteiger partial charge >= 0.3 is 0 Å². The van der Waals surface area contributed by atoms with Gasteiger partial charge in [-0.2, -0.15) is 0 Å². The summed E-state index contributed by atoms with van der Waals surface area (Å²) in [6.45, 7) is 0. The van der Waals surface area contributed by atoms with Crippen LogP contribution in [0.4, 0.5) is 17.1 Å². The molecule has 3 nitrogen and oxygen atoms in total. The maximum absolute atomic E-state index is 9.79. The average molecular weight is 707 g/mol. The molecule has 11 rings (SSSR count). The number of rotatable bonds is 6. The fourth-order valence-electron chi connectivity index (χ4n) is 8.14. The number of para-hydroxylation sites is 4. The molecule has 0 unspecified atom stereocenters. The van der Waals surface area contributed by atoms with Crippen molar-refractivity contribution in [2.24, 2.45) is 0 Å². The maximum Gasteiger partial charge on any atom is 0.143 e. The summed E-state index contributed by atoms with van der Waals surface area (Å²) in [5.41, 5.74) is 8.63. The van der Waals surface area contributed by atoms with E-state index in [0.29, 0.717) is 11.4 Å². The van der Waals surface area contributed by atoms with Gasteiger partial charge < -0.3 is 13.9 Å². The molecule has 0 N–H and O–H groups in total. The van der Waals surface area contributed by atoms with Crippen molar-refractivity contribution in [3.63, 3.8) is 0 Å². The molecule has 0 aliphatic rings. The molecule has 3 heteroatoms. The Morgan fingerprint density at radius 1 is 0.400 bits per heavy atom. The third-order valence-electron chi connectivity index (χ3n) is 10.7. The maximum atomic E-state index is 9.79. The Morgan fingerprint density at radius 2 is 0.982 bits per heavy atom. The molecule has 0 atom stereocenters. The molecule has 2 heterocycles. The fourth-order valence-corrected chi connectivity index (χ4v) is 8.14. The molecule has 258 valence electrons. The summed E-state index contributed by atoms with van der Waals surface area (Å²) in [6.07, 6.45) is 0. The fraction of sp³-hybridized carbons (Fsp3) is 0. The summed E-state index contributed by atoms with van der Waals surface area (Å²) >= 11 is 0. The second-order valence-corrected chi connectivity index (χ2v) is 13.8. The van der Waals surface area contributed by atoms with E-state index in [-0.39, 0.29) is 35.5 Å². The van der Waals surface area contributed by atoms with Gasteiger partial charge in [0.15, 0.2) is 0 Å². The Bertz CT molecular complexity index is 3360. The highest BCUT2D eigenvalue weighted by Gasteiger charge is 2.21. The van der Waals surface area contributed by atoms with Gasteiger partial charge in [-0.05, 0) is 77.1 Å². The molecule has 9 aromatic carbocycles. The second-order valence-electron chi connectivity index (χ2n) is 13.8. The molecule has 0 radical (unpaired) electrons. The van der Waals surface area contributed by atoms with Crippen LogP contribution in [-0.4, -0.2) is 4.57 Å².